The van der Waals surface area contributed by atoms with Gasteiger partial charge in [0.25, 0.3) is 0 Å². The molecule has 0 bridgehead atoms. The Morgan fingerprint density at radius 3 is 2.60 bits per heavy atom. The second-order valence-corrected chi connectivity index (χ2v) is 8.87. The van der Waals surface area contributed by atoms with Crippen molar-refractivity contribution in [1.29, 1.82) is 0 Å². The minimum Gasteiger partial charge on any atom is -0.444 e. The maximum Gasteiger partial charge on any atom is 0.508 e. The highest BCUT2D eigenvalue weighted by molar-refractivity contribution is 5.68. The fourth-order valence-electron chi connectivity index (χ4n) is 3.81. The molecule has 1 aliphatic carbocycles. The lowest BCUT2D eigenvalue weighted by Crippen LogP contribution is -2.48. The molecule has 0 aromatic heterocycles. The third-order valence-corrected chi connectivity index (χ3v) is 5.34. The number of rotatable bonds is 10. The average Bonchev–Trinajstić information content (AvgIpc) is 3.08. The Labute approximate surface area is 179 Å². The van der Waals surface area contributed by atoms with Gasteiger partial charge in [-0.15, -0.1) is 0 Å². The van der Waals surface area contributed by atoms with Crippen LogP contribution in [0.5, 0.6) is 0 Å². The Balaban J connectivity index is 1.99. The van der Waals surface area contributed by atoms with E-state index >= 15 is 0 Å². The van der Waals surface area contributed by atoms with Gasteiger partial charge in [-0.05, 0) is 53.4 Å². The van der Waals surface area contributed by atoms with Gasteiger partial charge in [0.15, 0.2) is 6.29 Å². The van der Waals surface area contributed by atoms with Crippen LogP contribution in [0.4, 0.5) is 9.59 Å². The highest BCUT2D eigenvalue weighted by Gasteiger charge is 2.36. The Morgan fingerprint density at radius 2 is 1.97 bits per heavy atom. The number of nitrogens with one attached hydrogen (secondary N) is 1. The largest absolute Gasteiger partial charge is 0.508 e. The van der Waals surface area contributed by atoms with Crippen LogP contribution in [0.1, 0.15) is 66.2 Å². The van der Waals surface area contributed by atoms with Gasteiger partial charge >= 0.3 is 12.2 Å². The van der Waals surface area contributed by atoms with E-state index in [2.05, 4.69) is 5.32 Å². The van der Waals surface area contributed by atoms with Crippen molar-refractivity contribution < 1.29 is 38.0 Å². The maximum atomic E-state index is 12.4. The molecule has 1 amide bonds. The molecular weight excluding hydrogens is 394 g/mol. The maximum absolute atomic E-state index is 12.4. The van der Waals surface area contributed by atoms with E-state index in [9.17, 15) is 9.59 Å². The summed E-state index contributed by atoms with van der Waals surface area (Å²) >= 11 is 0. The predicted molar refractivity (Wildman–Crippen MR) is 108 cm³/mol. The van der Waals surface area contributed by atoms with Gasteiger partial charge in [-0.2, -0.15) is 0 Å². The van der Waals surface area contributed by atoms with Gasteiger partial charge in [0.05, 0.1) is 6.10 Å². The van der Waals surface area contributed by atoms with Gasteiger partial charge in [0, 0.05) is 19.1 Å². The van der Waals surface area contributed by atoms with E-state index in [1.54, 1.807) is 14.0 Å². The molecule has 1 saturated carbocycles. The lowest BCUT2D eigenvalue weighted by molar-refractivity contribution is -0.197. The molecule has 4 unspecified atom stereocenters. The molecule has 2 fully saturated rings. The van der Waals surface area contributed by atoms with E-state index in [1.807, 2.05) is 20.8 Å². The van der Waals surface area contributed by atoms with Crippen molar-refractivity contribution in [3.63, 3.8) is 0 Å². The number of methoxy groups -OCH3 is 1. The van der Waals surface area contributed by atoms with Crippen LogP contribution in [-0.4, -0.2) is 62.9 Å². The van der Waals surface area contributed by atoms with Crippen molar-refractivity contribution >= 4 is 12.2 Å². The number of cyclic esters (lactones) is 2. The normalized spacial score (nSPS) is 26.4. The Kier molecular flexibility index (Phi) is 9.64. The summed E-state index contributed by atoms with van der Waals surface area (Å²) in [6.45, 7) is 7.66. The van der Waals surface area contributed by atoms with E-state index < -0.39 is 17.8 Å². The summed E-state index contributed by atoms with van der Waals surface area (Å²) in [5.41, 5.74) is -0.555. The van der Waals surface area contributed by atoms with E-state index in [-0.39, 0.29) is 43.9 Å². The van der Waals surface area contributed by atoms with Gasteiger partial charge in [-0.3, -0.25) is 0 Å². The number of alkyl carbamates (subject to hydrolysis) is 1. The first-order chi connectivity index (χ1) is 14.2. The number of carbonyl (C=O) groups is 2. The molecule has 1 saturated heterocycles. The first-order valence-electron chi connectivity index (χ1n) is 10.8. The lowest BCUT2D eigenvalue weighted by Gasteiger charge is -2.38. The average molecular weight is 432 g/mol. The Morgan fingerprint density at radius 1 is 1.23 bits per heavy atom. The number of ether oxygens (including phenoxy) is 6. The molecule has 0 radical (unpaired) electrons. The van der Waals surface area contributed by atoms with E-state index in [0.717, 1.165) is 25.7 Å². The monoisotopic (exact) mass is 431 g/mol. The molecule has 0 spiro atoms. The zero-order valence-electron chi connectivity index (χ0n) is 18.8. The molecule has 9 nitrogen and oxygen atoms in total. The number of hydrogen-bond acceptors (Lipinski definition) is 8. The van der Waals surface area contributed by atoms with Crippen molar-refractivity contribution in [2.75, 3.05) is 20.5 Å². The van der Waals surface area contributed by atoms with Crippen LogP contribution in [0.3, 0.4) is 0 Å². The third kappa shape index (κ3) is 8.65. The Hall–Kier alpha value is -1.58. The topological polar surface area (TPSA) is 102 Å². The fraction of sp³-hybridized carbons (Fsp3) is 0.905. The molecule has 2 aliphatic rings. The highest BCUT2D eigenvalue weighted by Crippen LogP contribution is 2.32. The molecule has 2 rings (SSSR count). The van der Waals surface area contributed by atoms with Crippen LogP contribution in [0.15, 0.2) is 0 Å². The van der Waals surface area contributed by atoms with E-state index in [1.165, 1.54) is 0 Å². The van der Waals surface area contributed by atoms with Gasteiger partial charge < -0.3 is 33.7 Å². The minimum atomic E-state index is -0.628. The predicted octanol–water partition coefficient (Wildman–Crippen LogP) is 3.74. The lowest BCUT2D eigenvalue weighted by atomic mass is 9.79. The summed E-state index contributed by atoms with van der Waals surface area (Å²) in [5.74, 6) is 0.103. The van der Waals surface area contributed by atoms with Crippen LogP contribution in [0.25, 0.3) is 0 Å². The van der Waals surface area contributed by atoms with Crippen molar-refractivity contribution in [2.24, 2.45) is 5.92 Å². The summed E-state index contributed by atoms with van der Waals surface area (Å²) in [4.78, 5) is 23.5. The van der Waals surface area contributed by atoms with Crippen LogP contribution < -0.4 is 5.32 Å². The fourth-order valence-corrected chi connectivity index (χ4v) is 3.81. The number of carbonyl (C=O) groups excluding carboxylic acids is 2. The second kappa shape index (κ2) is 11.7. The van der Waals surface area contributed by atoms with Gasteiger partial charge in [0.1, 0.15) is 25.1 Å². The molecule has 1 heterocycles. The molecule has 0 aromatic carbocycles. The van der Waals surface area contributed by atoms with Crippen molar-refractivity contribution in [3.05, 3.63) is 0 Å². The molecule has 1 aliphatic heterocycles. The van der Waals surface area contributed by atoms with Crippen LogP contribution in [-0.2, 0) is 28.4 Å². The molecule has 1 N–H and O–H groups in total. The quantitative estimate of drug-likeness (QED) is 0.412. The number of hydrogen-bond donors (Lipinski definition) is 1. The van der Waals surface area contributed by atoms with Crippen LogP contribution >= 0.6 is 0 Å². The third-order valence-electron chi connectivity index (χ3n) is 5.34. The molecule has 30 heavy (non-hydrogen) atoms. The standard InChI is InChI=1S/C21H37NO8/c1-14(25-5)27-13-28-18(11-10-15-12-26-20(24)29-15)16-8-6-7-9-17(16)22-19(23)30-21(2,3)4/h14-18H,6-13H2,1-5H3,(H,22,23)/t14?,15-,16?,17?,18?/m1/s1. The van der Waals surface area contributed by atoms with Crippen LogP contribution in [0, 0.1) is 5.92 Å². The molecular formula is C21H37NO8. The smallest absolute Gasteiger partial charge is 0.444 e. The minimum absolute atomic E-state index is 0.0548. The zero-order valence-corrected chi connectivity index (χ0v) is 18.8. The summed E-state index contributed by atoms with van der Waals surface area (Å²) in [6, 6.07) is -0.0548. The summed E-state index contributed by atoms with van der Waals surface area (Å²) in [7, 11) is 1.57. The van der Waals surface area contributed by atoms with E-state index in [4.69, 9.17) is 28.4 Å². The summed E-state index contributed by atoms with van der Waals surface area (Å²) in [6.07, 6.45) is 3.29. The summed E-state index contributed by atoms with van der Waals surface area (Å²) in [5, 5.41) is 3.03. The zero-order chi connectivity index (χ0) is 22.1. The molecule has 0 aromatic rings. The Bertz CT molecular complexity index is 550. The molecule has 5 atom stereocenters. The van der Waals surface area contributed by atoms with Gasteiger partial charge in [0.2, 0.25) is 0 Å². The number of amides is 1. The van der Waals surface area contributed by atoms with Crippen molar-refractivity contribution in [2.45, 2.75) is 96.4 Å². The SMILES string of the molecule is COC(C)OCOC(CC[C@@H]1COC(=O)O1)C1CCCCC1NC(=O)OC(C)(C)C. The van der Waals surface area contributed by atoms with Crippen molar-refractivity contribution in [1.82, 2.24) is 5.32 Å². The molecule has 9 heteroatoms. The summed E-state index contributed by atoms with van der Waals surface area (Å²) < 4.78 is 32.2. The first-order valence-corrected chi connectivity index (χ1v) is 10.8. The van der Waals surface area contributed by atoms with Gasteiger partial charge in [-0.25, -0.2) is 9.59 Å². The van der Waals surface area contributed by atoms with Crippen molar-refractivity contribution in [3.8, 4) is 0 Å². The van der Waals surface area contributed by atoms with E-state index in [0.29, 0.717) is 12.8 Å². The first kappa shape index (κ1) is 24.7. The highest BCUT2D eigenvalue weighted by atomic mass is 16.8. The second-order valence-electron chi connectivity index (χ2n) is 8.87. The van der Waals surface area contributed by atoms with Crippen LogP contribution in [0.2, 0.25) is 0 Å². The molecule has 174 valence electrons. The van der Waals surface area contributed by atoms with Gasteiger partial charge in [-0.1, -0.05) is 12.8 Å².